The van der Waals surface area contributed by atoms with Crippen molar-refractivity contribution in [3.8, 4) is 11.4 Å². The van der Waals surface area contributed by atoms with Gasteiger partial charge in [-0.1, -0.05) is 0 Å². The fourth-order valence-electron chi connectivity index (χ4n) is 2.10. The Bertz CT molecular complexity index is 701. The van der Waals surface area contributed by atoms with Crippen LogP contribution in [0.4, 0.5) is 10.2 Å². The molecule has 0 radical (unpaired) electrons. The van der Waals surface area contributed by atoms with E-state index in [1.54, 1.807) is 17.0 Å². The van der Waals surface area contributed by atoms with Gasteiger partial charge < -0.3 is 15.1 Å². The molecule has 0 bridgehead atoms. The number of nitrogens with one attached hydrogen (secondary N) is 1. The van der Waals surface area contributed by atoms with E-state index in [-0.39, 0.29) is 11.7 Å². The van der Waals surface area contributed by atoms with E-state index >= 15 is 0 Å². The number of anilines is 1. The Morgan fingerprint density at radius 3 is 2.42 bits per heavy atom. The van der Waals surface area contributed by atoms with Crippen molar-refractivity contribution >= 4 is 11.7 Å². The van der Waals surface area contributed by atoms with E-state index in [2.05, 4.69) is 15.3 Å². The van der Waals surface area contributed by atoms with Gasteiger partial charge in [0.15, 0.2) is 5.82 Å². The average Bonchev–Trinajstić information content (AvgIpc) is 2.54. The molecular formula is C17H22FN5O. The number of carbonyl (C=O) groups is 1. The molecule has 0 saturated heterocycles. The van der Waals surface area contributed by atoms with Crippen LogP contribution in [0.1, 0.15) is 10.4 Å². The molecule has 0 unspecified atom stereocenters. The number of aromatic nitrogens is 2. The summed E-state index contributed by atoms with van der Waals surface area (Å²) in [5.41, 5.74) is 1.10. The van der Waals surface area contributed by atoms with Crippen molar-refractivity contribution in [1.29, 1.82) is 0 Å². The fraction of sp³-hybridized carbons (Fsp3) is 0.353. The zero-order chi connectivity index (χ0) is 17.7. The van der Waals surface area contributed by atoms with Crippen LogP contribution in [0.15, 0.2) is 30.5 Å². The van der Waals surface area contributed by atoms with E-state index < -0.39 is 0 Å². The lowest BCUT2D eigenvalue weighted by Gasteiger charge is -2.17. The summed E-state index contributed by atoms with van der Waals surface area (Å²) in [7, 11) is 7.51. The first-order valence-electron chi connectivity index (χ1n) is 7.61. The Morgan fingerprint density at radius 2 is 1.83 bits per heavy atom. The molecule has 2 rings (SSSR count). The predicted molar refractivity (Wildman–Crippen MR) is 92.6 cm³/mol. The average molecular weight is 331 g/mol. The molecule has 24 heavy (non-hydrogen) atoms. The van der Waals surface area contributed by atoms with Crippen molar-refractivity contribution in [2.24, 2.45) is 0 Å². The van der Waals surface area contributed by atoms with Crippen LogP contribution in [0, 0.1) is 5.82 Å². The standard InChI is InChI=1S/C17H22FN5O/c1-22(2)10-9-19-17(24)14-11-20-15(21-16(14)23(3)4)12-5-7-13(18)8-6-12/h5-8,11H,9-10H2,1-4H3,(H,19,24). The van der Waals surface area contributed by atoms with Gasteiger partial charge in [-0.05, 0) is 38.4 Å². The first-order valence-corrected chi connectivity index (χ1v) is 7.61. The van der Waals surface area contributed by atoms with Crippen molar-refractivity contribution in [3.05, 3.63) is 41.8 Å². The second-order valence-corrected chi connectivity index (χ2v) is 5.89. The van der Waals surface area contributed by atoms with Gasteiger partial charge in [0.2, 0.25) is 0 Å². The van der Waals surface area contributed by atoms with E-state index in [1.807, 2.05) is 33.1 Å². The van der Waals surface area contributed by atoms with Gasteiger partial charge in [0.05, 0.1) is 0 Å². The van der Waals surface area contributed by atoms with Crippen LogP contribution in [0.5, 0.6) is 0 Å². The Morgan fingerprint density at radius 1 is 1.17 bits per heavy atom. The van der Waals surface area contributed by atoms with Crippen molar-refractivity contribution in [2.75, 3.05) is 46.2 Å². The van der Waals surface area contributed by atoms with Gasteiger partial charge in [-0.2, -0.15) is 0 Å². The minimum absolute atomic E-state index is 0.216. The molecule has 1 aromatic heterocycles. The number of halogens is 1. The summed E-state index contributed by atoms with van der Waals surface area (Å²) in [6.45, 7) is 1.29. The second-order valence-electron chi connectivity index (χ2n) is 5.89. The number of likely N-dealkylation sites (N-methyl/N-ethyl adjacent to an activating group) is 1. The third-order valence-corrected chi connectivity index (χ3v) is 3.38. The van der Waals surface area contributed by atoms with Crippen molar-refractivity contribution < 1.29 is 9.18 Å². The maximum Gasteiger partial charge on any atom is 0.256 e. The molecule has 0 aliphatic rings. The van der Waals surface area contributed by atoms with Crippen LogP contribution < -0.4 is 10.2 Å². The summed E-state index contributed by atoms with van der Waals surface area (Å²) in [6.07, 6.45) is 1.51. The molecule has 0 saturated carbocycles. The normalized spacial score (nSPS) is 10.8. The molecule has 1 N–H and O–H groups in total. The van der Waals surface area contributed by atoms with Crippen molar-refractivity contribution in [1.82, 2.24) is 20.2 Å². The zero-order valence-electron chi connectivity index (χ0n) is 14.4. The van der Waals surface area contributed by atoms with Crippen LogP contribution in [-0.2, 0) is 0 Å². The molecule has 0 atom stereocenters. The molecule has 1 heterocycles. The second kappa shape index (κ2) is 7.83. The quantitative estimate of drug-likeness (QED) is 0.872. The lowest BCUT2D eigenvalue weighted by atomic mass is 10.2. The molecule has 7 heteroatoms. The summed E-state index contributed by atoms with van der Waals surface area (Å²) >= 11 is 0. The molecule has 6 nitrogen and oxygen atoms in total. The Balaban J connectivity index is 2.26. The Kier molecular flexibility index (Phi) is 5.81. The molecule has 0 aliphatic heterocycles. The van der Waals surface area contributed by atoms with Crippen molar-refractivity contribution in [3.63, 3.8) is 0 Å². The highest BCUT2D eigenvalue weighted by Gasteiger charge is 2.16. The molecule has 1 aromatic carbocycles. The number of rotatable bonds is 6. The van der Waals surface area contributed by atoms with Gasteiger partial charge in [0.25, 0.3) is 5.91 Å². The number of amides is 1. The van der Waals surface area contributed by atoms with E-state index in [1.165, 1.54) is 18.3 Å². The lowest BCUT2D eigenvalue weighted by Crippen LogP contribution is -2.32. The molecule has 1 amide bonds. The Labute approximate surface area is 141 Å². The predicted octanol–water partition coefficient (Wildman–Crippen LogP) is 1.64. The van der Waals surface area contributed by atoms with E-state index in [9.17, 15) is 9.18 Å². The van der Waals surface area contributed by atoms with Crippen molar-refractivity contribution in [2.45, 2.75) is 0 Å². The van der Waals surface area contributed by atoms with Gasteiger partial charge in [-0.3, -0.25) is 4.79 Å². The number of hydrogen-bond donors (Lipinski definition) is 1. The summed E-state index contributed by atoms with van der Waals surface area (Å²) in [5, 5.41) is 2.86. The zero-order valence-corrected chi connectivity index (χ0v) is 14.4. The van der Waals surface area contributed by atoms with E-state index in [4.69, 9.17) is 0 Å². The lowest BCUT2D eigenvalue weighted by molar-refractivity contribution is 0.0951. The molecule has 0 aliphatic carbocycles. The summed E-state index contributed by atoms with van der Waals surface area (Å²) < 4.78 is 13.0. The van der Waals surface area contributed by atoms with Crippen LogP contribution in [0.25, 0.3) is 11.4 Å². The third-order valence-electron chi connectivity index (χ3n) is 3.38. The smallest absolute Gasteiger partial charge is 0.256 e. The van der Waals surface area contributed by atoms with Gasteiger partial charge in [-0.25, -0.2) is 14.4 Å². The first kappa shape index (κ1) is 17.8. The largest absolute Gasteiger partial charge is 0.362 e. The minimum atomic E-state index is -0.316. The van der Waals surface area contributed by atoms with Gasteiger partial charge in [0, 0.05) is 38.9 Å². The number of nitrogens with zero attached hydrogens (tertiary/aromatic N) is 4. The van der Waals surface area contributed by atoms with Crippen LogP contribution in [0.2, 0.25) is 0 Å². The number of hydrogen-bond acceptors (Lipinski definition) is 5. The monoisotopic (exact) mass is 331 g/mol. The van der Waals surface area contributed by atoms with E-state index in [0.717, 1.165) is 6.54 Å². The van der Waals surface area contributed by atoms with Gasteiger partial charge >= 0.3 is 0 Å². The van der Waals surface area contributed by atoms with Crippen LogP contribution in [-0.4, -0.2) is 62.1 Å². The molecule has 0 spiro atoms. The van der Waals surface area contributed by atoms with Crippen LogP contribution in [0.3, 0.4) is 0 Å². The molecular weight excluding hydrogens is 309 g/mol. The summed E-state index contributed by atoms with van der Waals surface area (Å²) in [6, 6.07) is 5.94. The highest BCUT2D eigenvalue weighted by Crippen LogP contribution is 2.21. The van der Waals surface area contributed by atoms with E-state index in [0.29, 0.717) is 29.3 Å². The minimum Gasteiger partial charge on any atom is -0.362 e. The molecule has 0 fully saturated rings. The highest BCUT2D eigenvalue weighted by atomic mass is 19.1. The maximum absolute atomic E-state index is 13.0. The number of benzene rings is 1. The maximum atomic E-state index is 13.0. The van der Waals surface area contributed by atoms with Gasteiger partial charge in [-0.15, -0.1) is 0 Å². The van der Waals surface area contributed by atoms with Crippen LogP contribution >= 0.6 is 0 Å². The first-order chi connectivity index (χ1) is 11.4. The molecule has 128 valence electrons. The molecule has 2 aromatic rings. The fourth-order valence-corrected chi connectivity index (χ4v) is 2.10. The summed E-state index contributed by atoms with van der Waals surface area (Å²) in [4.78, 5) is 24.8. The Hall–Kier alpha value is -2.54. The topological polar surface area (TPSA) is 61.4 Å². The summed E-state index contributed by atoms with van der Waals surface area (Å²) in [5.74, 6) is 0.435. The SMILES string of the molecule is CN(C)CCNC(=O)c1cnc(-c2ccc(F)cc2)nc1N(C)C. The highest BCUT2D eigenvalue weighted by molar-refractivity contribution is 5.98. The number of carbonyl (C=O) groups excluding carboxylic acids is 1. The van der Waals surface area contributed by atoms with Gasteiger partial charge in [0.1, 0.15) is 17.2 Å². The third kappa shape index (κ3) is 4.48.